The summed E-state index contributed by atoms with van der Waals surface area (Å²) in [5.41, 5.74) is 5.47. The minimum Gasteiger partial charge on any atom is -0.308 e. The number of aryl methyl sites for hydroxylation is 3. The SMILES string of the molecule is Cc1ccc2c(c1)CCCN2C(=O)c1ccccc1C. The molecule has 2 aromatic carbocycles. The molecule has 2 heteroatoms. The number of carbonyl (C=O) groups is 1. The first kappa shape index (κ1) is 12.9. The van der Waals surface area contributed by atoms with Gasteiger partial charge in [-0.15, -0.1) is 0 Å². The number of anilines is 1. The Kier molecular flexibility index (Phi) is 3.31. The third-order valence-electron chi connectivity index (χ3n) is 3.97. The molecule has 1 aliphatic heterocycles. The van der Waals surface area contributed by atoms with Gasteiger partial charge in [-0.2, -0.15) is 0 Å². The molecule has 0 bridgehead atoms. The lowest BCUT2D eigenvalue weighted by molar-refractivity contribution is 0.0984. The highest BCUT2D eigenvalue weighted by atomic mass is 16.2. The van der Waals surface area contributed by atoms with Crippen molar-refractivity contribution in [2.75, 3.05) is 11.4 Å². The zero-order chi connectivity index (χ0) is 14.1. The van der Waals surface area contributed by atoms with E-state index in [1.165, 1.54) is 11.1 Å². The Hall–Kier alpha value is -2.09. The van der Waals surface area contributed by atoms with Crippen LogP contribution in [-0.2, 0) is 6.42 Å². The van der Waals surface area contributed by atoms with Gasteiger partial charge in [0.05, 0.1) is 0 Å². The summed E-state index contributed by atoms with van der Waals surface area (Å²) in [5.74, 6) is 0.118. The molecule has 2 nitrogen and oxygen atoms in total. The van der Waals surface area contributed by atoms with Gasteiger partial charge in [-0.1, -0.05) is 35.9 Å². The number of nitrogens with zero attached hydrogens (tertiary/aromatic N) is 1. The summed E-state index contributed by atoms with van der Waals surface area (Å²) in [4.78, 5) is 14.7. The third-order valence-corrected chi connectivity index (χ3v) is 3.97. The molecule has 0 fully saturated rings. The van der Waals surface area contributed by atoms with Gasteiger partial charge in [-0.3, -0.25) is 4.79 Å². The molecule has 102 valence electrons. The molecule has 1 aliphatic rings. The van der Waals surface area contributed by atoms with Crippen LogP contribution in [0.2, 0.25) is 0 Å². The summed E-state index contributed by atoms with van der Waals surface area (Å²) in [7, 11) is 0. The number of benzene rings is 2. The van der Waals surface area contributed by atoms with Crippen LogP contribution >= 0.6 is 0 Å². The number of rotatable bonds is 1. The van der Waals surface area contributed by atoms with Gasteiger partial charge in [0.2, 0.25) is 0 Å². The predicted octanol–water partition coefficient (Wildman–Crippen LogP) is 3.90. The second-order valence-electron chi connectivity index (χ2n) is 5.51. The Morgan fingerprint density at radius 1 is 1.10 bits per heavy atom. The topological polar surface area (TPSA) is 20.3 Å². The van der Waals surface area contributed by atoms with Gasteiger partial charge in [-0.05, 0) is 49.9 Å². The van der Waals surface area contributed by atoms with Crippen LogP contribution in [0.5, 0.6) is 0 Å². The van der Waals surface area contributed by atoms with E-state index in [1.807, 2.05) is 36.1 Å². The smallest absolute Gasteiger partial charge is 0.258 e. The zero-order valence-electron chi connectivity index (χ0n) is 12.0. The van der Waals surface area contributed by atoms with E-state index in [9.17, 15) is 4.79 Å². The molecule has 0 N–H and O–H groups in total. The van der Waals surface area contributed by atoms with Crippen LogP contribution < -0.4 is 4.90 Å². The molecule has 0 radical (unpaired) electrons. The van der Waals surface area contributed by atoms with Gasteiger partial charge in [0.15, 0.2) is 0 Å². The lowest BCUT2D eigenvalue weighted by atomic mass is 9.98. The molecule has 20 heavy (non-hydrogen) atoms. The van der Waals surface area contributed by atoms with Crippen LogP contribution in [0.4, 0.5) is 5.69 Å². The Balaban J connectivity index is 2.01. The van der Waals surface area contributed by atoms with Crippen molar-refractivity contribution in [3.05, 3.63) is 64.7 Å². The van der Waals surface area contributed by atoms with Gasteiger partial charge in [0.1, 0.15) is 0 Å². The molecule has 3 rings (SSSR count). The molecule has 0 unspecified atom stereocenters. The molecule has 1 amide bonds. The number of amides is 1. The van der Waals surface area contributed by atoms with Crippen LogP contribution in [0.1, 0.15) is 33.5 Å². The van der Waals surface area contributed by atoms with Gasteiger partial charge in [0.25, 0.3) is 5.91 Å². The van der Waals surface area contributed by atoms with Crippen molar-refractivity contribution in [2.24, 2.45) is 0 Å². The summed E-state index contributed by atoms with van der Waals surface area (Å²) in [5, 5.41) is 0. The van der Waals surface area contributed by atoms with Crippen LogP contribution in [0, 0.1) is 13.8 Å². The van der Waals surface area contributed by atoms with Crippen molar-refractivity contribution in [2.45, 2.75) is 26.7 Å². The second kappa shape index (κ2) is 5.12. The lowest BCUT2D eigenvalue weighted by Crippen LogP contribution is -2.35. The van der Waals surface area contributed by atoms with E-state index in [-0.39, 0.29) is 5.91 Å². The van der Waals surface area contributed by atoms with Gasteiger partial charge in [-0.25, -0.2) is 0 Å². The first-order valence-corrected chi connectivity index (χ1v) is 7.14. The molecular formula is C18H19NO. The molecule has 1 heterocycles. The Morgan fingerprint density at radius 2 is 1.90 bits per heavy atom. The molecular weight excluding hydrogens is 246 g/mol. The second-order valence-corrected chi connectivity index (χ2v) is 5.51. The summed E-state index contributed by atoms with van der Waals surface area (Å²) < 4.78 is 0. The van der Waals surface area contributed by atoms with Crippen LogP contribution in [0.15, 0.2) is 42.5 Å². The van der Waals surface area contributed by atoms with E-state index in [0.29, 0.717) is 0 Å². The quantitative estimate of drug-likeness (QED) is 0.766. The zero-order valence-corrected chi connectivity index (χ0v) is 12.0. The van der Waals surface area contributed by atoms with E-state index < -0.39 is 0 Å². The molecule has 0 aliphatic carbocycles. The highest BCUT2D eigenvalue weighted by Gasteiger charge is 2.24. The summed E-state index contributed by atoms with van der Waals surface area (Å²) in [6.07, 6.45) is 2.10. The monoisotopic (exact) mass is 265 g/mol. The third kappa shape index (κ3) is 2.22. The van der Waals surface area contributed by atoms with Crippen molar-refractivity contribution in [1.82, 2.24) is 0 Å². The lowest BCUT2D eigenvalue weighted by Gasteiger charge is -2.30. The number of fused-ring (bicyclic) bond motifs is 1. The van der Waals surface area contributed by atoms with Crippen molar-refractivity contribution in [3.8, 4) is 0 Å². The minimum atomic E-state index is 0.118. The molecule has 0 aromatic heterocycles. The Bertz CT molecular complexity index is 660. The largest absolute Gasteiger partial charge is 0.308 e. The van der Waals surface area contributed by atoms with Crippen molar-refractivity contribution < 1.29 is 4.79 Å². The van der Waals surface area contributed by atoms with Crippen LogP contribution in [0.3, 0.4) is 0 Å². The first-order valence-electron chi connectivity index (χ1n) is 7.14. The Morgan fingerprint density at radius 3 is 2.70 bits per heavy atom. The highest BCUT2D eigenvalue weighted by Crippen LogP contribution is 2.29. The molecule has 0 saturated heterocycles. The van der Waals surface area contributed by atoms with E-state index in [2.05, 4.69) is 25.1 Å². The summed E-state index contributed by atoms with van der Waals surface area (Å²) in [6.45, 7) is 4.90. The maximum Gasteiger partial charge on any atom is 0.258 e. The fourth-order valence-electron chi connectivity index (χ4n) is 2.90. The maximum absolute atomic E-state index is 12.8. The molecule has 0 saturated carbocycles. The summed E-state index contributed by atoms with van der Waals surface area (Å²) in [6, 6.07) is 14.2. The average Bonchev–Trinajstić information content (AvgIpc) is 2.46. The summed E-state index contributed by atoms with van der Waals surface area (Å²) >= 11 is 0. The minimum absolute atomic E-state index is 0.118. The highest BCUT2D eigenvalue weighted by molar-refractivity contribution is 6.07. The van der Waals surface area contributed by atoms with Crippen LogP contribution in [0.25, 0.3) is 0 Å². The standard InChI is InChI=1S/C18H19NO/c1-13-9-10-17-15(12-13)7-5-11-19(17)18(20)16-8-4-3-6-14(16)2/h3-4,6,8-10,12H,5,7,11H2,1-2H3. The number of carbonyl (C=O) groups excluding carboxylic acids is 1. The van der Waals surface area contributed by atoms with Crippen molar-refractivity contribution >= 4 is 11.6 Å². The Labute approximate surface area is 120 Å². The number of hydrogen-bond acceptors (Lipinski definition) is 1. The normalized spacial score (nSPS) is 14.0. The number of hydrogen-bond donors (Lipinski definition) is 0. The molecule has 0 atom stereocenters. The maximum atomic E-state index is 12.8. The fourth-order valence-corrected chi connectivity index (χ4v) is 2.90. The van der Waals surface area contributed by atoms with E-state index in [4.69, 9.17) is 0 Å². The van der Waals surface area contributed by atoms with E-state index >= 15 is 0 Å². The van der Waals surface area contributed by atoms with Crippen LogP contribution in [-0.4, -0.2) is 12.5 Å². The van der Waals surface area contributed by atoms with E-state index in [1.54, 1.807) is 0 Å². The van der Waals surface area contributed by atoms with Crippen molar-refractivity contribution in [1.29, 1.82) is 0 Å². The molecule has 0 spiro atoms. The van der Waals surface area contributed by atoms with Gasteiger partial charge < -0.3 is 4.90 Å². The van der Waals surface area contributed by atoms with Gasteiger partial charge in [0, 0.05) is 17.8 Å². The first-order chi connectivity index (χ1) is 9.66. The van der Waals surface area contributed by atoms with Crippen molar-refractivity contribution in [3.63, 3.8) is 0 Å². The predicted molar refractivity (Wildman–Crippen MR) is 82.4 cm³/mol. The fraction of sp³-hybridized carbons (Fsp3) is 0.278. The van der Waals surface area contributed by atoms with E-state index in [0.717, 1.165) is 36.2 Å². The van der Waals surface area contributed by atoms with Gasteiger partial charge >= 0.3 is 0 Å². The molecule has 2 aromatic rings. The average molecular weight is 265 g/mol.